The predicted molar refractivity (Wildman–Crippen MR) is 120 cm³/mol. The van der Waals surface area contributed by atoms with Gasteiger partial charge in [-0.1, -0.05) is 12.1 Å². The van der Waals surface area contributed by atoms with Crippen molar-refractivity contribution < 1.29 is 9.47 Å². The van der Waals surface area contributed by atoms with Crippen molar-refractivity contribution in [2.24, 2.45) is 5.92 Å². The maximum absolute atomic E-state index is 5.96. The standard InChI is InChI=1S/C22H33N7O2/c1-30-19-5-3-2-4-18(19)24-22-26-20(25-21(23)27-22)16-29-10-7-17(8-11-29)6-9-28-12-14-31-15-13-28/h2-5,17H,6-16H2,1H3,(H3,23,24,25,26,27). The Labute approximate surface area is 184 Å². The number of ether oxygens (including phenoxy) is 2. The summed E-state index contributed by atoms with van der Waals surface area (Å²) < 4.78 is 10.8. The Morgan fingerprint density at radius 1 is 1.06 bits per heavy atom. The number of benzene rings is 1. The van der Waals surface area contributed by atoms with Crippen LogP contribution in [0.5, 0.6) is 5.75 Å². The lowest BCUT2D eigenvalue weighted by molar-refractivity contribution is 0.0334. The molecule has 4 rings (SSSR count). The van der Waals surface area contributed by atoms with Gasteiger partial charge < -0.3 is 20.5 Å². The van der Waals surface area contributed by atoms with Crippen LogP contribution >= 0.6 is 0 Å². The Balaban J connectivity index is 1.28. The van der Waals surface area contributed by atoms with E-state index in [1.54, 1.807) is 7.11 Å². The van der Waals surface area contributed by atoms with E-state index in [2.05, 4.69) is 30.1 Å². The van der Waals surface area contributed by atoms with Crippen molar-refractivity contribution >= 4 is 17.6 Å². The first-order valence-corrected chi connectivity index (χ1v) is 11.1. The predicted octanol–water partition coefficient (Wildman–Crippen LogP) is 2.14. The summed E-state index contributed by atoms with van der Waals surface area (Å²) in [7, 11) is 1.64. The third kappa shape index (κ3) is 6.25. The van der Waals surface area contributed by atoms with Crippen LogP contribution in [0.15, 0.2) is 24.3 Å². The molecule has 3 heterocycles. The van der Waals surface area contributed by atoms with E-state index in [0.29, 0.717) is 18.3 Å². The molecule has 0 saturated carbocycles. The number of piperidine rings is 1. The minimum Gasteiger partial charge on any atom is -0.495 e. The molecule has 3 N–H and O–H groups in total. The molecule has 31 heavy (non-hydrogen) atoms. The number of anilines is 3. The Morgan fingerprint density at radius 3 is 2.61 bits per heavy atom. The second-order valence-corrected chi connectivity index (χ2v) is 8.22. The molecule has 9 heteroatoms. The molecular formula is C22H33N7O2. The first-order chi connectivity index (χ1) is 15.2. The van der Waals surface area contributed by atoms with Crippen molar-refractivity contribution in [1.82, 2.24) is 24.8 Å². The highest BCUT2D eigenvalue weighted by Gasteiger charge is 2.21. The molecule has 0 bridgehead atoms. The zero-order chi connectivity index (χ0) is 21.5. The fourth-order valence-corrected chi connectivity index (χ4v) is 4.26. The molecule has 2 saturated heterocycles. The van der Waals surface area contributed by atoms with E-state index in [1.807, 2.05) is 24.3 Å². The van der Waals surface area contributed by atoms with Crippen LogP contribution in [0, 0.1) is 5.92 Å². The van der Waals surface area contributed by atoms with Gasteiger partial charge in [-0.25, -0.2) is 0 Å². The zero-order valence-electron chi connectivity index (χ0n) is 18.3. The normalized spacial score (nSPS) is 18.7. The van der Waals surface area contributed by atoms with E-state index in [-0.39, 0.29) is 5.95 Å². The lowest BCUT2D eigenvalue weighted by Crippen LogP contribution is -2.39. The highest BCUT2D eigenvalue weighted by molar-refractivity contribution is 5.62. The van der Waals surface area contributed by atoms with Gasteiger partial charge in [0.1, 0.15) is 11.6 Å². The molecule has 9 nitrogen and oxygen atoms in total. The van der Waals surface area contributed by atoms with Gasteiger partial charge in [0.05, 0.1) is 32.6 Å². The average Bonchev–Trinajstić information content (AvgIpc) is 2.79. The van der Waals surface area contributed by atoms with E-state index < -0.39 is 0 Å². The summed E-state index contributed by atoms with van der Waals surface area (Å²) in [4.78, 5) is 18.1. The summed E-state index contributed by atoms with van der Waals surface area (Å²) in [5.74, 6) is 2.87. The Kier molecular flexibility index (Phi) is 7.50. The number of methoxy groups -OCH3 is 1. The van der Waals surface area contributed by atoms with Crippen LogP contribution in [-0.2, 0) is 11.3 Å². The van der Waals surface area contributed by atoms with Crippen molar-refractivity contribution in [2.75, 3.05) is 64.1 Å². The Bertz CT molecular complexity index is 836. The largest absolute Gasteiger partial charge is 0.495 e. The first kappa shape index (κ1) is 21.7. The lowest BCUT2D eigenvalue weighted by atomic mass is 9.93. The summed E-state index contributed by atoms with van der Waals surface area (Å²) in [6, 6.07) is 7.65. The molecule has 2 aromatic rings. The van der Waals surface area contributed by atoms with Crippen LogP contribution in [-0.4, -0.2) is 77.8 Å². The van der Waals surface area contributed by atoms with E-state index in [9.17, 15) is 0 Å². The molecule has 2 aliphatic rings. The third-order valence-corrected chi connectivity index (χ3v) is 6.08. The number of likely N-dealkylation sites (tertiary alicyclic amines) is 1. The number of nitrogens with two attached hydrogens (primary N) is 1. The molecule has 2 fully saturated rings. The van der Waals surface area contributed by atoms with Crippen molar-refractivity contribution in [2.45, 2.75) is 25.8 Å². The fraction of sp³-hybridized carbons (Fsp3) is 0.591. The number of nitrogen functional groups attached to an aromatic ring is 1. The van der Waals surface area contributed by atoms with Crippen LogP contribution < -0.4 is 15.8 Å². The van der Waals surface area contributed by atoms with Crippen LogP contribution in [0.25, 0.3) is 0 Å². The van der Waals surface area contributed by atoms with Gasteiger partial charge in [0.2, 0.25) is 11.9 Å². The molecule has 0 amide bonds. The van der Waals surface area contributed by atoms with Crippen LogP contribution in [0.4, 0.5) is 17.6 Å². The second-order valence-electron chi connectivity index (χ2n) is 8.22. The molecule has 168 valence electrons. The smallest absolute Gasteiger partial charge is 0.232 e. The molecule has 0 atom stereocenters. The molecule has 2 aliphatic heterocycles. The maximum atomic E-state index is 5.96. The van der Waals surface area contributed by atoms with E-state index in [1.165, 1.54) is 25.8 Å². The van der Waals surface area contributed by atoms with Crippen LogP contribution in [0.2, 0.25) is 0 Å². The van der Waals surface area contributed by atoms with Gasteiger partial charge in [0.15, 0.2) is 0 Å². The van der Waals surface area contributed by atoms with E-state index in [4.69, 9.17) is 15.2 Å². The molecule has 0 radical (unpaired) electrons. The molecule has 0 unspecified atom stereocenters. The third-order valence-electron chi connectivity index (χ3n) is 6.08. The average molecular weight is 428 g/mol. The number of para-hydroxylation sites is 2. The quantitative estimate of drug-likeness (QED) is 0.656. The molecule has 1 aromatic heterocycles. The summed E-state index contributed by atoms with van der Waals surface area (Å²) in [6.07, 6.45) is 3.72. The highest BCUT2D eigenvalue weighted by Crippen LogP contribution is 2.26. The van der Waals surface area contributed by atoms with Gasteiger partial charge >= 0.3 is 0 Å². The van der Waals surface area contributed by atoms with Crippen molar-refractivity contribution in [3.8, 4) is 5.75 Å². The highest BCUT2D eigenvalue weighted by atomic mass is 16.5. The van der Waals surface area contributed by atoms with Gasteiger partial charge in [-0.3, -0.25) is 9.80 Å². The zero-order valence-corrected chi connectivity index (χ0v) is 18.3. The lowest BCUT2D eigenvalue weighted by Gasteiger charge is -2.33. The number of aromatic nitrogens is 3. The Morgan fingerprint density at radius 2 is 1.84 bits per heavy atom. The molecule has 0 aliphatic carbocycles. The number of hydrogen-bond donors (Lipinski definition) is 2. The number of nitrogens with one attached hydrogen (secondary N) is 1. The Hall–Kier alpha value is -2.49. The second kappa shape index (κ2) is 10.7. The van der Waals surface area contributed by atoms with Gasteiger partial charge in [-0.2, -0.15) is 15.0 Å². The number of rotatable bonds is 8. The van der Waals surface area contributed by atoms with Crippen LogP contribution in [0.3, 0.4) is 0 Å². The van der Waals surface area contributed by atoms with Crippen molar-refractivity contribution in [3.63, 3.8) is 0 Å². The van der Waals surface area contributed by atoms with Gasteiger partial charge in [0.25, 0.3) is 0 Å². The van der Waals surface area contributed by atoms with Crippen molar-refractivity contribution in [3.05, 3.63) is 30.1 Å². The minimum absolute atomic E-state index is 0.225. The van der Waals surface area contributed by atoms with Crippen molar-refractivity contribution in [1.29, 1.82) is 0 Å². The maximum Gasteiger partial charge on any atom is 0.232 e. The minimum atomic E-state index is 0.225. The summed E-state index contributed by atoms with van der Waals surface area (Å²) in [6.45, 7) is 7.90. The van der Waals surface area contributed by atoms with E-state index >= 15 is 0 Å². The van der Waals surface area contributed by atoms with Gasteiger partial charge in [-0.15, -0.1) is 0 Å². The van der Waals surface area contributed by atoms with Gasteiger partial charge in [-0.05, 0) is 56.9 Å². The molecular weight excluding hydrogens is 394 g/mol. The number of nitrogens with zero attached hydrogens (tertiary/aromatic N) is 5. The monoisotopic (exact) mass is 427 g/mol. The number of hydrogen-bond acceptors (Lipinski definition) is 9. The topological polar surface area (TPSA) is 102 Å². The fourth-order valence-electron chi connectivity index (χ4n) is 4.26. The number of morpholine rings is 1. The summed E-state index contributed by atoms with van der Waals surface area (Å²) in [5, 5.41) is 3.20. The molecule has 0 spiro atoms. The summed E-state index contributed by atoms with van der Waals surface area (Å²) >= 11 is 0. The molecule has 1 aromatic carbocycles. The SMILES string of the molecule is COc1ccccc1Nc1nc(N)nc(CN2CCC(CCN3CCOCC3)CC2)n1. The van der Waals surface area contributed by atoms with Crippen LogP contribution in [0.1, 0.15) is 25.1 Å². The summed E-state index contributed by atoms with van der Waals surface area (Å²) in [5.41, 5.74) is 6.75. The van der Waals surface area contributed by atoms with Gasteiger partial charge in [0, 0.05) is 13.1 Å². The van der Waals surface area contributed by atoms with E-state index in [0.717, 1.165) is 56.7 Å². The first-order valence-electron chi connectivity index (χ1n) is 11.1.